The number of nitrogens with one attached hydrogen (secondary N) is 1. The molecule has 4 rings (SSSR count). The van der Waals surface area contributed by atoms with Crippen molar-refractivity contribution < 1.29 is 4.79 Å². The highest BCUT2D eigenvalue weighted by atomic mass is 16.2. The number of benzene rings is 1. The van der Waals surface area contributed by atoms with E-state index in [0.717, 1.165) is 37.3 Å². The Balaban J connectivity index is 1.42. The minimum atomic E-state index is -0.00508. The molecule has 0 saturated carbocycles. The van der Waals surface area contributed by atoms with E-state index in [2.05, 4.69) is 41.4 Å². The molecule has 0 unspecified atom stereocenters. The molecule has 1 spiro atoms. The number of hydrogen-bond donors (Lipinski definition) is 1. The van der Waals surface area contributed by atoms with Crippen molar-refractivity contribution in [2.75, 3.05) is 33.7 Å². The van der Waals surface area contributed by atoms with Gasteiger partial charge < -0.3 is 10.2 Å². The molecule has 1 aromatic heterocycles. The zero-order chi connectivity index (χ0) is 19.7. The maximum absolute atomic E-state index is 13.2. The second-order valence-corrected chi connectivity index (χ2v) is 8.66. The average Bonchev–Trinajstić information content (AvgIpc) is 3.26. The van der Waals surface area contributed by atoms with Crippen LogP contribution in [0.25, 0.3) is 5.69 Å². The normalized spacial score (nSPS) is 21.9. The van der Waals surface area contributed by atoms with E-state index in [0.29, 0.717) is 12.0 Å². The Kier molecular flexibility index (Phi) is 5.25. The van der Waals surface area contributed by atoms with E-state index >= 15 is 0 Å². The molecule has 6 heteroatoms. The fraction of sp³-hybridized carbons (Fsp3) is 0.545. The Morgan fingerprint density at radius 3 is 2.82 bits per heavy atom. The van der Waals surface area contributed by atoms with Crippen molar-refractivity contribution >= 4 is 5.91 Å². The molecule has 0 radical (unpaired) electrons. The van der Waals surface area contributed by atoms with Gasteiger partial charge in [-0.25, -0.2) is 4.68 Å². The molecule has 1 atom stereocenters. The van der Waals surface area contributed by atoms with Crippen molar-refractivity contribution in [2.24, 2.45) is 5.41 Å². The van der Waals surface area contributed by atoms with Gasteiger partial charge in [-0.05, 0) is 63.4 Å². The van der Waals surface area contributed by atoms with Crippen LogP contribution in [0.3, 0.4) is 0 Å². The highest BCUT2D eigenvalue weighted by Gasteiger charge is 2.46. The van der Waals surface area contributed by atoms with E-state index in [1.165, 1.54) is 18.4 Å². The molecule has 2 aromatic rings. The summed E-state index contributed by atoms with van der Waals surface area (Å²) in [6.07, 6.45) is 7.22. The largest absolute Gasteiger partial charge is 0.340 e. The van der Waals surface area contributed by atoms with Crippen molar-refractivity contribution in [2.45, 2.75) is 38.8 Å². The van der Waals surface area contributed by atoms with Crippen molar-refractivity contribution in [1.29, 1.82) is 0 Å². The topological polar surface area (TPSA) is 53.4 Å². The summed E-state index contributed by atoms with van der Waals surface area (Å²) < 4.78 is 1.90. The lowest BCUT2D eigenvalue weighted by Crippen LogP contribution is -2.42. The highest BCUT2D eigenvalue weighted by Crippen LogP contribution is 2.41. The number of likely N-dealkylation sites (tertiary alicyclic amines) is 1. The molecule has 2 fully saturated rings. The van der Waals surface area contributed by atoms with Gasteiger partial charge in [-0.3, -0.25) is 9.69 Å². The van der Waals surface area contributed by atoms with Gasteiger partial charge in [-0.1, -0.05) is 18.2 Å². The number of rotatable bonds is 4. The van der Waals surface area contributed by atoms with E-state index in [4.69, 9.17) is 0 Å². The van der Waals surface area contributed by atoms with Crippen LogP contribution in [0.1, 0.15) is 30.4 Å². The average molecular weight is 382 g/mol. The van der Waals surface area contributed by atoms with E-state index in [1.54, 1.807) is 0 Å². The van der Waals surface area contributed by atoms with E-state index in [-0.39, 0.29) is 11.9 Å². The number of carbonyl (C=O) groups is 1. The molecule has 3 heterocycles. The lowest BCUT2D eigenvalue weighted by Gasteiger charge is -2.33. The Morgan fingerprint density at radius 2 is 2.07 bits per heavy atom. The lowest BCUT2D eigenvalue weighted by atomic mass is 9.77. The van der Waals surface area contributed by atoms with Gasteiger partial charge in [-0.2, -0.15) is 5.10 Å². The van der Waals surface area contributed by atoms with Gasteiger partial charge in [-0.15, -0.1) is 0 Å². The zero-order valence-electron chi connectivity index (χ0n) is 17.2. The first-order valence-electron chi connectivity index (χ1n) is 10.2. The molecule has 0 bridgehead atoms. The Hall–Kier alpha value is -2.18. The molecule has 2 saturated heterocycles. The lowest BCUT2D eigenvalue weighted by molar-refractivity contribution is -0.134. The number of amides is 1. The minimum Gasteiger partial charge on any atom is -0.340 e. The predicted octanol–water partition coefficient (Wildman–Crippen LogP) is 2.21. The third-order valence-corrected chi connectivity index (χ3v) is 6.49. The number of hydrogen-bond acceptors (Lipinski definition) is 4. The van der Waals surface area contributed by atoms with Crippen LogP contribution in [0.15, 0.2) is 36.7 Å². The van der Waals surface area contributed by atoms with Crippen LogP contribution in [-0.2, 0) is 11.3 Å². The number of para-hydroxylation sites is 1. The molecule has 2 aliphatic heterocycles. The van der Waals surface area contributed by atoms with Gasteiger partial charge in [0.05, 0.1) is 17.9 Å². The van der Waals surface area contributed by atoms with Gasteiger partial charge in [0.15, 0.2) is 0 Å². The van der Waals surface area contributed by atoms with Crippen LogP contribution in [0.2, 0.25) is 0 Å². The maximum atomic E-state index is 13.2. The van der Waals surface area contributed by atoms with Gasteiger partial charge >= 0.3 is 0 Å². The Bertz CT molecular complexity index is 839. The summed E-state index contributed by atoms with van der Waals surface area (Å²) in [6, 6.07) is 8.19. The van der Waals surface area contributed by atoms with Crippen molar-refractivity contribution in [3.8, 4) is 5.69 Å². The van der Waals surface area contributed by atoms with Gasteiger partial charge in [0.1, 0.15) is 0 Å². The number of likely N-dealkylation sites (N-methyl/N-ethyl adjacent to an activating group) is 2. The number of piperidine rings is 1. The summed E-state index contributed by atoms with van der Waals surface area (Å²) in [5.41, 5.74) is 3.63. The van der Waals surface area contributed by atoms with Crippen LogP contribution in [0, 0.1) is 12.3 Å². The van der Waals surface area contributed by atoms with Crippen LogP contribution in [0.4, 0.5) is 0 Å². The Labute approximate surface area is 167 Å². The summed E-state index contributed by atoms with van der Waals surface area (Å²) in [5.74, 6) is 0.224. The number of nitrogens with zero attached hydrogens (tertiary/aromatic N) is 4. The SMILES string of the molecule is Cc1ccccc1-n1cc(CN(C)C(=O)[C@H]2CC3(CCNCC3)CN2C)cn1. The highest BCUT2D eigenvalue weighted by molar-refractivity contribution is 5.82. The molecule has 1 aromatic carbocycles. The Morgan fingerprint density at radius 1 is 1.32 bits per heavy atom. The third-order valence-electron chi connectivity index (χ3n) is 6.49. The monoisotopic (exact) mass is 381 g/mol. The second-order valence-electron chi connectivity index (χ2n) is 8.66. The third kappa shape index (κ3) is 3.71. The first kappa shape index (κ1) is 19.2. The summed E-state index contributed by atoms with van der Waals surface area (Å²) in [7, 11) is 4.01. The van der Waals surface area contributed by atoms with E-state index < -0.39 is 0 Å². The molecule has 6 nitrogen and oxygen atoms in total. The molecule has 150 valence electrons. The summed E-state index contributed by atoms with van der Waals surface area (Å²) in [6.45, 7) is 5.85. The summed E-state index contributed by atoms with van der Waals surface area (Å²) >= 11 is 0. The predicted molar refractivity (Wildman–Crippen MR) is 110 cm³/mol. The fourth-order valence-corrected chi connectivity index (χ4v) is 4.87. The fourth-order valence-electron chi connectivity index (χ4n) is 4.87. The summed E-state index contributed by atoms with van der Waals surface area (Å²) in [4.78, 5) is 17.3. The van der Waals surface area contributed by atoms with E-state index in [9.17, 15) is 4.79 Å². The van der Waals surface area contributed by atoms with Crippen LogP contribution < -0.4 is 5.32 Å². The molecule has 28 heavy (non-hydrogen) atoms. The summed E-state index contributed by atoms with van der Waals surface area (Å²) in [5, 5.41) is 7.95. The number of aromatic nitrogens is 2. The minimum absolute atomic E-state index is 0.00508. The number of carbonyl (C=O) groups excluding carboxylic acids is 1. The number of aryl methyl sites for hydroxylation is 1. The molecule has 1 N–H and O–H groups in total. The van der Waals surface area contributed by atoms with Crippen LogP contribution in [-0.4, -0.2) is 65.3 Å². The van der Waals surface area contributed by atoms with Crippen LogP contribution >= 0.6 is 0 Å². The first-order chi connectivity index (χ1) is 13.5. The smallest absolute Gasteiger partial charge is 0.239 e. The molecular weight excluding hydrogens is 350 g/mol. The maximum Gasteiger partial charge on any atom is 0.239 e. The van der Waals surface area contributed by atoms with Crippen molar-refractivity contribution in [3.63, 3.8) is 0 Å². The molecule has 2 aliphatic rings. The second kappa shape index (κ2) is 7.68. The van der Waals surface area contributed by atoms with Crippen molar-refractivity contribution in [1.82, 2.24) is 24.9 Å². The quantitative estimate of drug-likeness (QED) is 0.882. The molecular formula is C22H31N5O. The van der Waals surface area contributed by atoms with E-state index in [1.807, 2.05) is 41.2 Å². The van der Waals surface area contributed by atoms with Crippen molar-refractivity contribution in [3.05, 3.63) is 47.8 Å². The van der Waals surface area contributed by atoms with Gasteiger partial charge in [0, 0.05) is 31.9 Å². The van der Waals surface area contributed by atoms with Crippen LogP contribution in [0.5, 0.6) is 0 Å². The standard InChI is InChI=1S/C22H31N5O/c1-17-6-4-5-7-19(17)27-15-18(13-24-27)14-25(2)21(28)20-12-22(16-26(20)3)8-10-23-11-9-22/h4-7,13,15,20,23H,8-12,14,16H2,1-3H3/t20-/m1/s1. The van der Waals surface area contributed by atoms with Gasteiger partial charge in [0.2, 0.25) is 5.91 Å². The zero-order valence-corrected chi connectivity index (χ0v) is 17.2. The molecule has 1 amide bonds. The molecule has 0 aliphatic carbocycles. The first-order valence-corrected chi connectivity index (χ1v) is 10.2. The van der Waals surface area contributed by atoms with Gasteiger partial charge in [0.25, 0.3) is 0 Å².